The molecule has 6 heteroatoms. The van der Waals surface area contributed by atoms with Crippen molar-refractivity contribution in [3.05, 3.63) is 29.8 Å². The van der Waals surface area contributed by atoms with Crippen LogP contribution in [0.25, 0.3) is 0 Å². The zero-order valence-electron chi connectivity index (χ0n) is 8.02. The van der Waals surface area contributed by atoms with Crippen LogP contribution in [0.4, 0.5) is 22.0 Å². The predicted molar refractivity (Wildman–Crippen MR) is 51.6 cm³/mol. The maximum absolute atomic E-state index is 13.2. The molecule has 0 bridgehead atoms. The van der Waals surface area contributed by atoms with E-state index in [1.165, 1.54) is 12.1 Å². The summed E-state index contributed by atoms with van der Waals surface area (Å²) in [7, 11) is -2.04. The number of halogens is 5. The Morgan fingerprint density at radius 2 is 1.62 bits per heavy atom. The number of rotatable bonds is 1. The Hall–Kier alpha value is -0.780. The molecule has 0 radical (unpaired) electrons. The van der Waals surface area contributed by atoms with Crippen LogP contribution in [0.1, 0.15) is 5.56 Å². The van der Waals surface area contributed by atoms with Gasteiger partial charge in [0.2, 0.25) is 0 Å². The fourth-order valence-electron chi connectivity index (χ4n) is 1.68. The van der Waals surface area contributed by atoms with Gasteiger partial charge in [0.25, 0.3) is 0 Å². The predicted octanol–water partition coefficient (Wildman–Crippen LogP) is 3.38. The molecule has 1 aliphatic heterocycles. The highest BCUT2D eigenvalue weighted by molar-refractivity contribution is 7.98. The minimum Gasteiger partial charge on any atom is -0.160 e. The summed E-state index contributed by atoms with van der Waals surface area (Å²) in [6.07, 6.45) is -5.17. The summed E-state index contributed by atoms with van der Waals surface area (Å²) < 4.78 is 63.1. The molecule has 1 aromatic carbocycles. The minimum atomic E-state index is -5.46. The summed E-state index contributed by atoms with van der Waals surface area (Å²) in [5.41, 5.74) is 0.606. The van der Waals surface area contributed by atoms with E-state index in [2.05, 4.69) is 0 Å². The fourth-order valence-corrected chi connectivity index (χ4v) is 3.86. The Bertz CT molecular complexity index is 398. The van der Waals surface area contributed by atoms with Gasteiger partial charge < -0.3 is 0 Å². The van der Waals surface area contributed by atoms with Crippen molar-refractivity contribution in [2.75, 3.05) is 5.75 Å². The molecule has 1 aromatic rings. The first kappa shape index (κ1) is 11.7. The molecule has 0 N–H and O–H groups in total. The van der Waals surface area contributed by atoms with Crippen molar-refractivity contribution in [3.63, 3.8) is 0 Å². The molecule has 2 rings (SSSR count). The first-order chi connectivity index (χ1) is 7.34. The van der Waals surface area contributed by atoms with Gasteiger partial charge in [-0.25, -0.2) is 0 Å². The summed E-state index contributed by atoms with van der Waals surface area (Å²) in [6.45, 7) is 0. The van der Waals surface area contributed by atoms with E-state index in [0.29, 0.717) is 12.0 Å². The SMILES string of the molecule is FC(F)(F)C(F)(F)[S+]1CCc2ccccc21. The van der Waals surface area contributed by atoms with E-state index in [1.54, 1.807) is 12.1 Å². The van der Waals surface area contributed by atoms with E-state index in [4.69, 9.17) is 0 Å². The number of fused-ring (bicyclic) bond motifs is 1. The van der Waals surface area contributed by atoms with Gasteiger partial charge in [-0.2, -0.15) is 13.2 Å². The molecule has 0 nitrogen and oxygen atoms in total. The monoisotopic (exact) mass is 255 g/mol. The molecule has 0 saturated carbocycles. The van der Waals surface area contributed by atoms with E-state index >= 15 is 0 Å². The second-order valence-electron chi connectivity index (χ2n) is 3.47. The van der Waals surface area contributed by atoms with Crippen molar-refractivity contribution in [1.82, 2.24) is 0 Å². The van der Waals surface area contributed by atoms with E-state index < -0.39 is 22.3 Å². The zero-order chi connectivity index (χ0) is 12.0. The molecule has 0 aliphatic carbocycles. The second-order valence-corrected chi connectivity index (χ2v) is 5.61. The van der Waals surface area contributed by atoms with Crippen molar-refractivity contribution in [3.8, 4) is 0 Å². The molecule has 0 aromatic heterocycles. The Balaban J connectivity index is 2.39. The highest BCUT2D eigenvalue weighted by atomic mass is 32.2. The molecule has 1 atom stereocenters. The number of aryl methyl sites for hydroxylation is 1. The van der Waals surface area contributed by atoms with Crippen LogP contribution in [-0.2, 0) is 17.3 Å². The lowest BCUT2D eigenvalue weighted by atomic mass is 10.2. The molecule has 0 saturated heterocycles. The van der Waals surface area contributed by atoms with Crippen molar-refractivity contribution >= 4 is 10.9 Å². The second kappa shape index (κ2) is 3.61. The molecule has 16 heavy (non-hydrogen) atoms. The van der Waals surface area contributed by atoms with Gasteiger partial charge in [0.15, 0.2) is 4.90 Å². The van der Waals surface area contributed by atoms with Crippen molar-refractivity contribution < 1.29 is 22.0 Å². The van der Waals surface area contributed by atoms with Crippen molar-refractivity contribution in [1.29, 1.82) is 0 Å². The first-order valence-corrected chi connectivity index (χ1v) is 5.97. The summed E-state index contributed by atoms with van der Waals surface area (Å²) in [5, 5.41) is -4.61. The Morgan fingerprint density at radius 1 is 1.00 bits per heavy atom. The third kappa shape index (κ3) is 1.69. The molecule has 0 amide bonds. The van der Waals surface area contributed by atoms with Gasteiger partial charge in [-0.3, -0.25) is 0 Å². The third-order valence-electron chi connectivity index (χ3n) is 2.45. The van der Waals surface area contributed by atoms with Crippen molar-refractivity contribution in [2.24, 2.45) is 0 Å². The lowest BCUT2D eigenvalue weighted by Gasteiger charge is -2.17. The number of benzene rings is 1. The topological polar surface area (TPSA) is 0 Å². The van der Waals surface area contributed by atoms with E-state index in [1.807, 2.05) is 0 Å². The average Bonchev–Trinajstić information content (AvgIpc) is 2.59. The van der Waals surface area contributed by atoms with Crippen LogP contribution >= 0.6 is 0 Å². The molecular formula is C10H8F5S+. The Labute approximate surface area is 91.8 Å². The molecule has 0 spiro atoms. The number of hydrogen-bond donors (Lipinski definition) is 0. The third-order valence-corrected chi connectivity index (χ3v) is 4.85. The Morgan fingerprint density at radius 3 is 2.25 bits per heavy atom. The van der Waals surface area contributed by atoms with Gasteiger partial charge in [0, 0.05) is 12.0 Å². The van der Waals surface area contributed by atoms with Gasteiger partial charge in [-0.05, 0) is 6.07 Å². The quantitative estimate of drug-likeness (QED) is 0.533. The van der Waals surface area contributed by atoms with Crippen LogP contribution in [0.3, 0.4) is 0 Å². The van der Waals surface area contributed by atoms with Gasteiger partial charge in [0.1, 0.15) is 16.6 Å². The lowest BCUT2D eigenvalue weighted by Crippen LogP contribution is -2.44. The lowest BCUT2D eigenvalue weighted by molar-refractivity contribution is -0.239. The van der Waals surface area contributed by atoms with Crippen LogP contribution < -0.4 is 0 Å². The van der Waals surface area contributed by atoms with Crippen LogP contribution in [0.2, 0.25) is 0 Å². The standard InChI is InChI=1S/C10H8F5S/c11-9(12,13)10(14,15)16-6-5-7-3-1-2-4-8(7)16/h1-4H,5-6H2/q+1. The molecule has 88 valence electrons. The summed E-state index contributed by atoms with van der Waals surface area (Å²) >= 11 is 0. The van der Waals surface area contributed by atoms with Gasteiger partial charge in [-0.1, -0.05) is 18.2 Å². The van der Waals surface area contributed by atoms with E-state index in [0.717, 1.165) is 0 Å². The molecule has 1 heterocycles. The summed E-state index contributed by atoms with van der Waals surface area (Å²) in [6, 6.07) is 6.12. The van der Waals surface area contributed by atoms with Gasteiger partial charge in [-0.15, -0.1) is 8.78 Å². The normalized spacial score (nSPS) is 20.9. The molecule has 1 unspecified atom stereocenters. The highest BCUT2D eigenvalue weighted by Gasteiger charge is 2.72. The van der Waals surface area contributed by atoms with E-state index in [9.17, 15) is 22.0 Å². The van der Waals surface area contributed by atoms with Crippen LogP contribution in [0, 0.1) is 0 Å². The molecule has 0 fully saturated rings. The van der Waals surface area contributed by atoms with Crippen LogP contribution in [0.15, 0.2) is 29.2 Å². The fraction of sp³-hybridized carbons (Fsp3) is 0.400. The average molecular weight is 255 g/mol. The van der Waals surface area contributed by atoms with Gasteiger partial charge >= 0.3 is 11.4 Å². The summed E-state index contributed by atoms with van der Waals surface area (Å²) in [4.78, 5) is 0.157. The first-order valence-electron chi connectivity index (χ1n) is 4.57. The zero-order valence-corrected chi connectivity index (χ0v) is 8.84. The largest absolute Gasteiger partial charge is 0.512 e. The van der Waals surface area contributed by atoms with Crippen LogP contribution in [-0.4, -0.2) is 17.2 Å². The molecule has 1 aliphatic rings. The smallest absolute Gasteiger partial charge is 0.160 e. The van der Waals surface area contributed by atoms with Crippen molar-refractivity contribution in [2.45, 2.75) is 22.7 Å². The maximum atomic E-state index is 13.2. The maximum Gasteiger partial charge on any atom is 0.512 e. The van der Waals surface area contributed by atoms with Gasteiger partial charge in [0.05, 0.1) is 0 Å². The molecular weight excluding hydrogens is 247 g/mol. The highest BCUT2D eigenvalue weighted by Crippen LogP contribution is 2.47. The number of alkyl halides is 5. The van der Waals surface area contributed by atoms with Crippen LogP contribution in [0.5, 0.6) is 0 Å². The number of hydrogen-bond acceptors (Lipinski definition) is 0. The summed E-state index contributed by atoms with van der Waals surface area (Å²) in [5.74, 6) is -0.119. The Kier molecular flexibility index (Phi) is 2.64. The van der Waals surface area contributed by atoms with E-state index in [-0.39, 0.29) is 10.6 Å². The minimum absolute atomic E-state index is 0.119.